The van der Waals surface area contributed by atoms with Gasteiger partial charge in [0.15, 0.2) is 0 Å². The molecule has 3 nitrogen and oxygen atoms in total. The molecule has 0 spiro atoms. The lowest BCUT2D eigenvalue weighted by molar-refractivity contribution is 0.551. The minimum Gasteiger partial charge on any atom is -0.315 e. The molecule has 1 aromatic rings. The summed E-state index contributed by atoms with van der Waals surface area (Å²) in [6.07, 6.45) is 0.866. The van der Waals surface area contributed by atoms with Crippen LogP contribution in [0.4, 0.5) is 0 Å². The highest BCUT2D eigenvalue weighted by Gasteiger charge is 2.23. The van der Waals surface area contributed by atoms with Crippen LogP contribution in [0.5, 0.6) is 0 Å². The molecule has 0 radical (unpaired) electrons. The first-order chi connectivity index (χ1) is 6.66. The highest BCUT2D eigenvalue weighted by atomic mass is 79.9. The van der Waals surface area contributed by atoms with E-state index in [1.54, 1.807) is 0 Å². The van der Waals surface area contributed by atoms with Crippen molar-refractivity contribution >= 4 is 27.5 Å². The van der Waals surface area contributed by atoms with Gasteiger partial charge in [-0.3, -0.25) is 0 Å². The van der Waals surface area contributed by atoms with E-state index >= 15 is 0 Å². The van der Waals surface area contributed by atoms with Crippen LogP contribution >= 0.6 is 27.5 Å². The lowest BCUT2D eigenvalue weighted by Crippen LogP contribution is -2.36. The Bertz CT molecular complexity index is 345. The lowest BCUT2D eigenvalue weighted by atomic mass is 10.1. The summed E-state index contributed by atoms with van der Waals surface area (Å²) < 4.78 is 1.05. The van der Waals surface area contributed by atoms with Gasteiger partial charge in [0.05, 0.1) is 12.2 Å². The zero-order chi connectivity index (χ0) is 10.1. The van der Waals surface area contributed by atoms with Gasteiger partial charge in [0.2, 0.25) is 0 Å². The SMILES string of the molecule is NC1CC(c2cc(Cl)ccc2Br)NN1. The number of nitrogens with two attached hydrogens (primary N) is 1. The van der Waals surface area contributed by atoms with Crippen molar-refractivity contribution in [2.45, 2.75) is 18.6 Å². The fraction of sp³-hybridized carbons (Fsp3) is 0.333. The van der Waals surface area contributed by atoms with Crippen LogP contribution in [-0.4, -0.2) is 6.17 Å². The van der Waals surface area contributed by atoms with Gasteiger partial charge in [-0.15, -0.1) is 0 Å². The second kappa shape index (κ2) is 4.16. The van der Waals surface area contributed by atoms with Crippen molar-refractivity contribution < 1.29 is 0 Å². The number of hydrogen-bond acceptors (Lipinski definition) is 3. The van der Waals surface area contributed by atoms with Crippen LogP contribution in [0.3, 0.4) is 0 Å². The topological polar surface area (TPSA) is 50.1 Å². The van der Waals surface area contributed by atoms with Crippen molar-refractivity contribution in [2.75, 3.05) is 0 Å². The van der Waals surface area contributed by atoms with Crippen LogP contribution < -0.4 is 16.6 Å². The van der Waals surface area contributed by atoms with Crippen LogP contribution in [0.15, 0.2) is 22.7 Å². The summed E-state index contributed by atoms with van der Waals surface area (Å²) in [5.74, 6) is 0. The van der Waals surface area contributed by atoms with E-state index in [4.69, 9.17) is 17.3 Å². The smallest absolute Gasteiger partial charge is 0.0698 e. The molecule has 0 aliphatic carbocycles. The Morgan fingerprint density at radius 2 is 2.21 bits per heavy atom. The van der Waals surface area contributed by atoms with E-state index in [1.807, 2.05) is 18.2 Å². The van der Waals surface area contributed by atoms with Crippen molar-refractivity contribution in [1.82, 2.24) is 10.9 Å². The molecule has 0 amide bonds. The van der Waals surface area contributed by atoms with E-state index in [1.165, 1.54) is 0 Å². The number of hydrazine groups is 1. The Morgan fingerprint density at radius 3 is 2.86 bits per heavy atom. The maximum atomic E-state index is 5.93. The number of benzene rings is 1. The van der Waals surface area contributed by atoms with Gasteiger partial charge in [-0.25, -0.2) is 10.9 Å². The summed E-state index contributed by atoms with van der Waals surface area (Å²) >= 11 is 9.42. The molecule has 2 rings (SSSR count). The number of rotatable bonds is 1. The molecule has 0 aromatic heterocycles. The molecule has 2 unspecified atom stereocenters. The Balaban J connectivity index is 2.27. The fourth-order valence-corrected chi connectivity index (χ4v) is 2.27. The van der Waals surface area contributed by atoms with Gasteiger partial charge in [-0.05, 0) is 30.2 Å². The molecular formula is C9H11BrClN3. The molecule has 4 N–H and O–H groups in total. The molecule has 14 heavy (non-hydrogen) atoms. The summed E-state index contributed by atoms with van der Waals surface area (Å²) in [5.41, 5.74) is 13.0. The van der Waals surface area contributed by atoms with Crippen molar-refractivity contribution in [1.29, 1.82) is 0 Å². The van der Waals surface area contributed by atoms with E-state index in [-0.39, 0.29) is 12.2 Å². The number of nitrogens with one attached hydrogen (secondary N) is 2. The molecule has 2 atom stereocenters. The van der Waals surface area contributed by atoms with Crippen molar-refractivity contribution in [3.8, 4) is 0 Å². The van der Waals surface area contributed by atoms with Gasteiger partial charge in [0.1, 0.15) is 0 Å². The number of halogens is 2. The minimum atomic E-state index is 0.00545. The van der Waals surface area contributed by atoms with Crippen molar-refractivity contribution in [3.05, 3.63) is 33.3 Å². The summed E-state index contributed by atoms with van der Waals surface area (Å²) in [5, 5.41) is 0.741. The van der Waals surface area contributed by atoms with Crippen LogP contribution in [-0.2, 0) is 0 Å². The van der Waals surface area contributed by atoms with Crippen molar-refractivity contribution in [2.24, 2.45) is 5.73 Å². The quantitative estimate of drug-likeness (QED) is 0.734. The van der Waals surface area contributed by atoms with E-state index in [2.05, 4.69) is 26.8 Å². The third kappa shape index (κ3) is 2.10. The molecule has 1 aromatic carbocycles. The first-order valence-corrected chi connectivity index (χ1v) is 5.55. The second-order valence-electron chi connectivity index (χ2n) is 3.35. The highest BCUT2D eigenvalue weighted by Crippen LogP contribution is 2.30. The maximum Gasteiger partial charge on any atom is 0.0698 e. The Kier molecular flexibility index (Phi) is 3.09. The monoisotopic (exact) mass is 275 g/mol. The zero-order valence-corrected chi connectivity index (χ0v) is 9.77. The molecule has 1 fully saturated rings. The van der Waals surface area contributed by atoms with Crippen LogP contribution in [0.25, 0.3) is 0 Å². The highest BCUT2D eigenvalue weighted by molar-refractivity contribution is 9.10. The second-order valence-corrected chi connectivity index (χ2v) is 4.64. The molecule has 1 saturated heterocycles. The third-order valence-electron chi connectivity index (χ3n) is 2.27. The van der Waals surface area contributed by atoms with Gasteiger partial charge < -0.3 is 5.73 Å². The molecule has 1 heterocycles. The predicted octanol–water partition coefficient (Wildman–Crippen LogP) is 1.93. The molecule has 1 aliphatic heterocycles. The Morgan fingerprint density at radius 1 is 1.43 bits per heavy atom. The normalized spacial score (nSPS) is 26.8. The average Bonchev–Trinajstić information content (AvgIpc) is 2.56. The van der Waals surface area contributed by atoms with E-state index in [0.717, 1.165) is 21.5 Å². The van der Waals surface area contributed by atoms with Gasteiger partial charge in [-0.2, -0.15) is 0 Å². The van der Waals surface area contributed by atoms with Gasteiger partial charge in [-0.1, -0.05) is 27.5 Å². The van der Waals surface area contributed by atoms with Crippen molar-refractivity contribution in [3.63, 3.8) is 0 Å². The predicted molar refractivity (Wildman–Crippen MR) is 60.8 cm³/mol. The largest absolute Gasteiger partial charge is 0.315 e. The molecule has 0 saturated carbocycles. The van der Waals surface area contributed by atoms with Gasteiger partial charge >= 0.3 is 0 Å². The van der Waals surface area contributed by atoms with E-state index in [0.29, 0.717) is 0 Å². The molecule has 0 bridgehead atoms. The summed E-state index contributed by atoms with van der Waals surface area (Å²) in [4.78, 5) is 0. The standard InChI is InChI=1S/C9H11BrClN3/c10-7-2-1-5(11)3-6(7)8-4-9(12)14-13-8/h1-3,8-9,13-14H,4,12H2. The maximum absolute atomic E-state index is 5.93. The minimum absolute atomic E-state index is 0.00545. The summed E-state index contributed by atoms with van der Waals surface area (Å²) in [7, 11) is 0. The first kappa shape index (κ1) is 10.4. The van der Waals surface area contributed by atoms with Gasteiger partial charge in [0.25, 0.3) is 0 Å². The summed E-state index contributed by atoms with van der Waals surface area (Å²) in [6, 6.07) is 5.97. The number of hydrogen-bond donors (Lipinski definition) is 3. The van der Waals surface area contributed by atoms with Gasteiger partial charge in [0, 0.05) is 9.50 Å². The van der Waals surface area contributed by atoms with Crippen LogP contribution in [0.2, 0.25) is 5.02 Å². The molecule has 1 aliphatic rings. The third-order valence-corrected chi connectivity index (χ3v) is 3.22. The Hall–Kier alpha value is -0.130. The molecule has 76 valence electrons. The Labute approximate surface area is 96.1 Å². The average molecular weight is 277 g/mol. The molecular weight excluding hydrogens is 265 g/mol. The lowest BCUT2D eigenvalue weighted by Gasteiger charge is -2.11. The summed E-state index contributed by atoms with van der Waals surface area (Å²) in [6.45, 7) is 0. The molecule has 5 heteroatoms. The van der Waals surface area contributed by atoms with E-state index < -0.39 is 0 Å². The fourth-order valence-electron chi connectivity index (χ4n) is 1.57. The van der Waals surface area contributed by atoms with Crippen LogP contribution in [0, 0.1) is 0 Å². The van der Waals surface area contributed by atoms with E-state index in [9.17, 15) is 0 Å². The zero-order valence-electron chi connectivity index (χ0n) is 7.43. The first-order valence-electron chi connectivity index (χ1n) is 4.38. The van der Waals surface area contributed by atoms with Crippen LogP contribution in [0.1, 0.15) is 18.0 Å².